The lowest BCUT2D eigenvalue weighted by molar-refractivity contribution is 0.0323. The average molecular weight is 239 g/mol. The Hall–Kier alpha value is -0.120. The van der Waals surface area contributed by atoms with Crippen LogP contribution in [0.3, 0.4) is 0 Å². The van der Waals surface area contributed by atoms with Gasteiger partial charge in [-0.25, -0.2) is 0 Å². The average Bonchev–Trinajstić information content (AvgIpc) is 2.99. The van der Waals surface area contributed by atoms with Crippen LogP contribution in [0.15, 0.2) is 0 Å². The summed E-state index contributed by atoms with van der Waals surface area (Å²) in [6.07, 6.45) is 2.85. The Bertz CT molecular complexity index is 245. The van der Waals surface area contributed by atoms with Crippen molar-refractivity contribution < 1.29 is 0 Å². The summed E-state index contributed by atoms with van der Waals surface area (Å²) in [4.78, 5) is 5.28. The van der Waals surface area contributed by atoms with Gasteiger partial charge in [0, 0.05) is 44.3 Å². The van der Waals surface area contributed by atoms with E-state index in [4.69, 9.17) is 5.73 Å². The van der Waals surface area contributed by atoms with Crippen molar-refractivity contribution in [3.05, 3.63) is 0 Å². The topological polar surface area (TPSA) is 32.5 Å². The summed E-state index contributed by atoms with van der Waals surface area (Å²) < 4.78 is 0. The van der Waals surface area contributed by atoms with E-state index in [9.17, 15) is 0 Å². The fraction of sp³-hybridized carbons (Fsp3) is 1.00. The molecule has 2 atom stereocenters. The Kier molecular flexibility index (Phi) is 3.81. The highest BCUT2D eigenvalue weighted by atomic mass is 15.3. The molecule has 1 aliphatic carbocycles. The summed E-state index contributed by atoms with van der Waals surface area (Å²) in [5.41, 5.74) is 6.48. The van der Waals surface area contributed by atoms with Gasteiger partial charge in [0.05, 0.1) is 0 Å². The summed E-state index contributed by atoms with van der Waals surface area (Å²) in [7, 11) is 0. The van der Waals surface area contributed by atoms with Crippen LogP contribution in [0.2, 0.25) is 0 Å². The number of hydrogen-bond donors (Lipinski definition) is 1. The van der Waals surface area contributed by atoms with Gasteiger partial charge >= 0.3 is 0 Å². The number of rotatable bonds is 3. The number of nitrogens with two attached hydrogens (primary N) is 1. The van der Waals surface area contributed by atoms with Crippen LogP contribution in [0.1, 0.15) is 40.5 Å². The van der Waals surface area contributed by atoms with Crippen molar-refractivity contribution in [2.45, 2.75) is 58.7 Å². The predicted molar refractivity (Wildman–Crippen MR) is 73.1 cm³/mol. The van der Waals surface area contributed by atoms with Gasteiger partial charge in [0.1, 0.15) is 0 Å². The molecular weight excluding hydrogens is 210 g/mol. The molecule has 0 aromatic carbocycles. The third kappa shape index (κ3) is 3.21. The maximum absolute atomic E-state index is 6.21. The van der Waals surface area contributed by atoms with E-state index in [1.165, 1.54) is 39.0 Å². The van der Waals surface area contributed by atoms with Gasteiger partial charge in [0.25, 0.3) is 0 Å². The fourth-order valence-electron chi connectivity index (χ4n) is 3.49. The minimum Gasteiger partial charge on any atom is -0.327 e. The molecular formula is C14H29N3. The van der Waals surface area contributed by atoms with Gasteiger partial charge in [-0.1, -0.05) is 20.8 Å². The molecule has 0 aromatic rings. The van der Waals surface area contributed by atoms with Crippen LogP contribution in [-0.4, -0.2) is 54.1 Å². The monoisotopic (exact) mass is 239 g/mol. The van der Waals surface area contributed by atoms with Crippen molar-refractivity contribution in [2.75, 3.05) is 26.2 Å². The first kappa shape index (κ1) is 13.3. The fourth-order valence-corrected chi connectivity index (χ4v) is 3.49. The molecule has 2 rings (SSSR count). The van der Waals surface area contributed by atoms with E-state index in [0.29, 0.717) is 6.04 Å². The molecule has 2 aliphatic rings. The molecule has 2 N–H and O–H groups in total. The summed E-state index contributed by atoms with van der Waals surface area (Å²) in [5, 5.41) is 0. The van der Waals surface area contributed by atoms with E-state index in [0.717, 1.165) is 6.04 Å². The molecule has 3 nitrogen and oxygen atoms in total. The smallest absolute Gasteiger partial charge is 0.0293 e. The van der Waals surface area contributed by atoms with E-state index in [1.54, 1.807) is 0 Å². The molecule has 2 unspecified atom stereocenters. The third-order valence-corrected chi connectivity index (χ3v) is 4.19. The first-order valence-electron chi connectivity index (χ1n) is 7.13. The molecule has 0 amide bonds. The van der Waals surface area contributed by atoms with Gasteiger partial charge in [0.2, 0.25) is 0 Å². The summed E-state index contributed by atoms with van der Waals surface area (Å²) in [6, 6.07) is 1.67. The van der Waals surface area contributed by atoms with E-state index in [1.807, 2.05) is 0 Å². The predicted octanol–water partition coefficient (Wildman–Crippen LogP) is 1.53. The van der Waals surface area contributed by atoms with E-state index in [2.05, 4.69) is 37.5 Å². The van der Waals surface area contributed by atoms with Gasteiger partial charge in [-0.3, -0.25) is 9.80 Å². The second-order valence-corrected chi connectivity index (χ2v) is 6.97. The zero-order chi connectivity index (χ0) is 12.6. The van der Waals surface area contributed by atoms with E-state index >= 15 is 0 Å². The lowest BCUT2D eigenvalue weighted by atomic mass is 9.81. The summed E-state index contributed by atoms with van der Waals surface area (Å²) >= 11 is 0. The Morgan fingerprint density at radius 2 is 1.59 bits per heavy atom. The first-order valence-corrected chi connectivity index (χ1v) is 7.13. The van der Waals surface area contributed by atoms with Crippen LogP contribution in [-0.2, 0) is 0 Å². The van der Waals surface area contributed by atoms with Crippen molar-refractivity contribution in [3.8, 4) is 0 Å². The number of hydrogen-bond acceptors (Lipinski definition) is 3. The quantitative estimate of drug-likeness (QED) is 0.810. The molecule has 1 saturated carbocycles. The van der Waals surface area contributed by atoms with E-state index in [-0.39, 0.29) is 11.5 Å². The van der Waals surface area contributed by atoms with Crippen LogP contribution >= 0.6 is 0 Å². The molecule has 0 spiro atoms. The second kappa shape index (κ2) is 4.87. The molecule has 0 aromatic heterocycles. The molecule has 100 valence electrons. The Morgan fingerprint density at radius 1 is 1.06 bits per heavy atom. The van der Waals surface area contributed by atoms with Gasteiger partial charge in [-0.05, 0) is 25.2 Å². The van der Waals surface area contributed by atoms with E-state index < -0.39 is 0 Å². The second-order valence-electron chi connectivity index (χ2n) is 6.97. The Morgan fingerprint density at radius 3 is 1.94 bits per heavy atom. The third-order valence-electron chi connectivity index (χ3n) is 4.19. The number of nitrogens with zero attached hydrogens (tertiary/aromatic N) is 2. The highest BCUT2D eigenvalue weighted by Gasteiger charge is 2.37. The highest BCUT2D eigenvalue weighted by Crippen LogP contribution is 2.31. The van der Waals surface area contributed by atoms with Crippen molar-refractivity contribution in [1.29, 1.82) is 0 Å². The van der Waals surface area contributed by atoms with Crippen LogP contribution in [0.4, 0.5) is 0 Å². The molecule has 3 heteroatoms. The SMILES string of the molecule is CC(N)C(N1CCN(C2CC2)CC1)C(C)(C)C. The van der Waals surface area contributed by atoms with Crippen molar-refractivity contribution in [3.63, 3.8) is 0 Å². The molecule has 1 heterocycles. The maximum atomic E-state index is 6.21. The van der Waals surface area contributed by atoms with Crippen molar-refractivity contribution in [1.82, 2.24) is 9.80 Å². The first-order chi connectivity index (χ1) is 7.89. The lowest BCUT2D eigenvalue weighted by Crippen LogP contribution is -2.59. The minimum absolute atomic E-state index is 0.252. The minimum atomic E-state index is 0.252. The van der Waals surface area contributed by atoms with Gasteiger partial charge in [-0.2, -0.15) is 0 Å². The molecule has 2 fully saturated rings. The summed E-state index contributed by atoms with van der Waals surface area (Å²) in [6.45, 7) is 14.0. The zero-order valence-electron chi connectivity index (χ0n) is 11.9. The molecule has 0 radical (unpaired) electrons. The van der Waals surface area contributed by atoms with Crippen LogP contribution in [0.25, 0.3) is 0 Å². The molecule has 17 heavy (non-hydrogen) atoms. The molecule has 0 bridgehead atoms. The maximum Gasteiger partial charge on any atom is 0.0293 e. The normalized spacial score (nSPS) is 28.1. The highest BCUT2D eigenvalue weighted by molar-refractivity contribution is 4.94. The molecule has 1 saturated heterocycles. The van der Waals surface area contributed by atoms with Gasteiger partial charge < -0.3 is 5.73 Å². The van der Waals surface area contributed by atoms with Gasteiger partial charge in [0.15, 0.2) is 0 Å². The standard InChI is InChI=1S/C14H29N3/c1-11(15)13(14(2,3)4)17-9-7-16(8-10-17)12-5-6-12/h11-13H,5-10,15H2,1-4H3. The van der Waals surface area contributed by atoms with Crippen LogP contribution < -0.4 is 5.73 Å². The number of piperazine rings is 1. The largest absolute Gasteiger partial charge is 0.327 e. The lowest BCUT2D eigenvalue weighted by Gasteiger charge is -2.46. The Labute approximate surface area is 106 Å². The van der Waals surface area contributed by atoms with Crippen LogP contribution in [0, 0.1) is 5.41 Å². The zero-order valence-corrected chi connectivity index (χ0v) is 11.9. The van der Waals surface area contributed by atoms with Crippen LogP contribution in [0.5, 0.6) is 0 Å². The Balaban J connectivity index is 1.92. The van der Waals surface area contributed by atoms with Crippen molar-refractivity contribution >= 4 is 0 Å². The van der Waals surface area contributed by atoms with Crippen molar-refractivity contribution in [2.24, 2.45) is 11.1 Å². The molecule has 1 aliphatic heterocycles. The van der Waals surface area contributed by atoms with Gasteiger partial charge in [-0.15, -0.1) is 0 Å². The summed E-state index contributed by atoms with van der Waals surface area (Å²) in [5.74, 6) is 0.